The Morgan fingerprint density at radius 1 is 1.41 bits per heavy atom. The largest absolute Gasteiger partial charge is 0.235 e. The molecule has 0 amide bonds. The summed E-state index contributed by atoms with van der Waals surface area (Å²) in [7, 11) is -2.94. The fraction of sp³-hybridized carbons (Fsp3) is 0.500. The summed E-state index contributed by atoms with van der Waals surface area (Å²) in [5.74, 6) is 0.422. The molecule has 0 aromatic carbocycles. The molecule has 1 fully saturated rings. The molecule has 3 rings (SSSR count). The summed E-state index contributed by atoms with van der Waals surface area (Å²) < 4.78 is 24.9. The molecule has 3 heterocycles. The van der Waals surface area contributed by atoms with Gasteiger partial charge in [0.1, 0.15) is 5.52 Å². The number of fused-ring (bicyclic) bond motifs is 1. The Balaban J connectivity index is 2.04. The summed E-state index contributed by atoms with van der Waals surface area (Å²) in [4.78, 5) is 4.21. The van der Waals surface area contributed by atoms with Gasteiger partial charge in [-0.1, -0.05) is 5.21 Å². The molecule has 7 heteroatoms. The van der Waals surface area contributed by atoms with Crippen LogP contribution in [0.5, 0.6) is 0 Å². The first kappa shape index (κ1) is 10.6. The van der Waals surface area contributed by atoms with Crippen LogP contribution < -0.4 is 0 Å². The van der Waals surface area contributed by atoms with Crippen molar-refractivity contribution >= 4 is 21.0 Å². The maximum Gasteiger partial charge on any atom is 0.178 e. The quantitative estimate of drug-likeness (QED) is 0.741. The molecule has 1 aliphatic rings. The predicted octanol–water partition coefficient (Wildman–Crippen LogP) is 0.576. The Labute approximate surface area is 98.6 Å². The third-order valence-corrected chi connectivity index (χ3v) is 4.82. The van der Waals surface area contributed by atoms with E-state index in [9.17, 15) is 8.42 Å². The number of nitrogens with zero attached hydrogens (tertiary/aromatic N) is 4. The Morgan fingerprint density at radius 2 is 2.29 bits per heavy atom. The van der Waals surface area contributed by atoms with Crippen LogP contribution in [0.3, 0.4) is 0 Å². The van der Waals surface area contributed by atoms with Crippen LogP contribution in [0.4, 0.5) is 0 Å². The average molecular weight is 252 g/mol. The highest BCUT2D eigenvalue weighted by Gasteiger charge is 2.28. The lowest BCUT2D eigenvalue weighted by Gasteiger charge is -2.21. The summed E-state index contributed by atoms with van der Waals surface area (Å²) >= 11 is 0. The van der Waals surface area contributed by atoms with Crippen molar-refractivity contribution in [3.8, 4) is 0 Å². The smallest absolute Gasteiger partial charge is 0.178 e. The standard InChI is InChI=1S/C10H12N4O2S/c15-17(16)6-2-3-8(7-17)14-10-9(12-13-14)4-1-5-11-10/h1,4-5,8H,2-3,6-7H2. The summed E-state index contributed by atoms with van der Waals surface area (Å²) in [6.07, 6.45) is 3.16. The van der Waals surface area contributed by atoms with Gasteiger partial charge in [0, 0.05) is 6.20 Å². The molecule has 0 bridgehead atoms. The van der Waals surface area contributed by atoms with Crippen LogP contribution in [-0.2, 0) is 9.84 Å². The van der Waals surface area contributed by atoms with E-state index in [-0.39, 0.29) is 17.5 Å². The highest BCUT2D eigenvalue weighted by molar-refractivity contribution is 7.91. The van der Waals surface area contributed by atoms with E-state index < -0.39 is 9.84 Å². The first-order valence-electron chi connectivity index (χ1n) is 5.52. The molecule has 0 saturated carbocycles. The molecule has 1 atom stereocenters. The van der Waals surface area contributed by atoms with Crippen LogP contribution in [-0.4, -0.2) is 39.9 Å². The van der Waals surface area contributed by atoms with Gasteiger partial charge in [0.15, 0.2) is 15.5 Å². The predicted molar refractivity (Wildman–Crippen MR) is 62.2 cm³/mol. The molecule has 0 radical (unpaired) electrons. The van der Waals surface area contributed by atoms with Gasteiger partial charge in [0.05, 0.1) is 17.5 Å². The summed E-state index contributed by atoms with van der Waals surface area (Å²) in [6.45, 7) is 0. The van der Waals surface area contributed by atoms with Crippen molar-refractivity contribution in [1.29, 1.82) is 0 Å². The van der Waals surface area contributed by atoms with Gasteiger partial charge in [-0.3, -0.25) is 0 Å². The van der Waals surface area contributed by atoms with Gasteiger partial charge in [0.2, 0.25) is 0 Å². The second-order valence-electron chi connectivity index (χ2n) is 4.29. The Hall–Kier alpha value is -1.50. The minimum atomic E-state index is -2.94. The lowest BCUT2D eigenvalue weighted by atomic mass is 10.2. The zero-order chi connectivity index (χ0) is 11.9. The monoisotopic (exact) mass is 252 g/mol. The van der Waals surface area contributed by atoms with Crippen molar-refractivity contribution < 1.29 is 8.42 Å². The summed E-state index contributed by atoms with van der Waals surface area (Å²) in [5.41, 5.74) is 1.37. The number of rotatable bonds is 1. The van der Waals surface area contributed by atoms with E-state index >= 15 is 0 Å². The van der Waals surface area contributed by atoms with Gasteiger partial charge in [-0.25, -0.2) is 18.1 Å². The zero-order valence-corrected chi connectivity index (χ0v) is 9.97. The van der Waals surface area contributed by atoms with E-state index in [1.807, 2.05) is 6.07 Å². The maximum atomic E-state index is 11.6. The van der Waals surface area contributed by atoms with Gasteiger partial charge in [-0.05, 0) is 25.0 Å². The molecule has 2 aromatic rings. The Morgan fingerprint density at radius 3 is 3.12 bits per heavy atom. The third-order valence-electron chi connectivity index (χ3n) is 3.02. The van der Waals surface area contributed by atoms with E-state index in [2.05, 4.69) is 15.3 Å². The second kappa shape index (κ2) is 3.76. The molecule has 0 aliphatic carbocycles. The van der Waals surface area contributed by atoms with Crippen LogP contribution in [0.25, 0.3) is 11.2 Å². The van der Waals surface area contributed by atoms with Crippen molar-refractivity contribution in [2.24, 2.45) is 0 Å². The van der Waals surface area contributed by atoms with Gasteiger partial charge in [-0.2, -0.15) is 0 Å². The first-order chi connectivity index (χ1) is 8.16. The zero-order valence-electron chi connectivity index (χ0n) is 9.15. The lowest BCUT2D eigenvalue weighted by molar-refractivity contribution is 0.434. The van der Waals surface area contributed by atoms with E-state index in [1.165, 1.54) is 0 Å². The van der Waals surface area contributed by atoms with E-state index in [1.54, 1.807) is 16.9 Å². The SMILES string of the molecule is O=S1(=O)CCCC(n2nnc3cccnc32)C1. The molecule has 0 N–H and O–H groups in total. The average Bonchev–Trinajstić information content (AvgIpc) is 2.71. The van der Waals surface area contributed by atoms with E-state index in [0.717, 1.165) is 6.42 Å². The van der Waals surface area contributed by atoms with Gasteiger partial charge >= 0.3 is 0 Å². The number of hydrogen-bond donors (Lipinski definition) is 0. The maximum absolute atomic E-state index is 11.6. The van der Waals surface area contributed by atoms with Crippen LogP contribution in [0, 0.1) is 0 Å². The fourth-order valence-electron chi connectivity index (χ4n) is 2.22. The molecule has 6 nitrogen and oxygen atoms in total. The lowest BCUT2D eigenvalue weighted by Crippen LogP contribution is -2.28. The topological polar surface area (TPSA) is 77.7 Å². The minimum absolute atomic E-state index is 0.131. The number of aromatic nitrogens is 4. The van der Waals surface area contributed by atoms with Crippen LogP contribution >= 0.6 is 0 Å². The van der Waals surface area contributed by atoms with Gasteiger partial charge in [0.25, 0.3) is 0 Å². The molecule has 2 aromatic heterocycles. The second-order valence-corrected chi connectivity index (χ2v) is 6.52. The first-order valence-corrected chi connectivity index (χ1v) is 7.34. The van der Waals surface area contributed by atoms with E-state index in [4.69, 9.17) is 0 Å². The normalized spacial score (nSPS) is 23.9. The van der Waals surface area contributed by atoms with Crippen LogP contribution in [0.1, 0.15) is 18.9 Å². The molecule has 1 unspecified atom stereocenters. The van der Waals surface area contributed by atoms with Crippen LogP contribution in [0.15, 0.2) is 18.3 Å². The Bertz CT molecular complexity index is 649. The van der Waals surface area contributed by atoms with Crippen LogP contribution in [0.2, 0.25) is 0 Å². The molecular weight excluding hydrogens is 240 g/mol. The van der Waals surface area contributed by atoms with Crippen molar-refractivity contribution in [3.05, 3.63) is 18.3 Å². The summed E-state index contributed by atoms with van der Waals surface area (Å²) in [5, 5.41) is 8.02. The number of pyridine rings is 1. The third kappa shape index (κ3) is 1.90. The van der Waals surface area contributed by atoms with E-state index in [0.29, 0.717) is 17.6 Å². The highest BCUT2D eigenvalue weighted by atomic mass is 32.2. The van der Waals surface area contributed by atoms with Crippen molar-refractivity contribution in [3.63, 3.8) is 0 Å². The molecule has 1 aliphatic heterocycles. The molecule has 17 heavy (non-hydrogen) atoms. The molecular formula is C10H12N4O2S. The Kier molecular flexibility index (Phi) is 2.36. The molecule has 90 valence electrons. The molecule has 1 saturated heterocycles. The molecule has 0 spiro atoms. The minimum Gasteiger partial charge on any atom is -0.235 e. The van der Waals surface area contributed by atoms with Crippen molar-refractivity contribution in [2.45, 2.75) is 18.9 Å². The number of sulfone groups is 1. The fourth-order valence-corrected chi connectivity index (χ4v) is 3.89. The number of hydrogen-bond acceptors (Lipinski definition) is 5. The van der Waals surface area contributed by atoms with Crippen molar-refractivity contribution in [2.75, 3.05) is 11.5 Å². The highest BCUT2D eigenvalue weighted by Crippen LogP contribution is 2.24. The van der Waals surface area contributed by atoms with Gasteiger partial charge < -0.3 is 0 Å². The van der Waals surface area contributed by atoms with Crippen molar-refractivity contribution in [1.82, 2.24) is 20.0 Å². The summed E-state index contributed by atoms with van der Waals surface area (Å²) in [6, 6.07) is 3.48. The van der Waals surface area contributed by atoms with Gasteiger partial charge in [-0.15, -0.1) is 5.10 Å².